The summed E-state index contributed by atoms with van der Waals surface area (Å²) in [5.74, 6) is 3.33. The zero-order chi connectivity index (χ0) is 40.9. The minimum absolute atomic E-state index is 0.423. The van der Waals surface area contributed by atoms with Gasteiger partial charge in [0.15, 0.2) is 0 Å². The molecule has 0 spiro atoms. The first kappa shape index (κ1) is 43.3. The van der Waals surface area contributed by atoms with Gasteiger partial charge in [0.1, 0.15) is 0 Å². The first-order chi connectivity index (χ1) is 28.8. The molecule has 10 nitrogen and oxygen atoms in total. The lowest BCUT2D eigenvalue weighted by atomic mass is 9.79. The highest BCUT2D eigenvalue weighted by atomic mass is 28.5. The molecule has 340 valence electrons. The number of epoxide rings is 4. The summed E-state index contributed by atoms with van der Waals surface area (Å²) in [6, 6.07) is 5.04. The highest BCUT2D eigenvalue weighted by Crippen LogP contribution is 2.49. The van der Waals surface area contributed by atoms with Crippen LogP contribution >= 0.6 is 0 Å². The second-order valence-corrected chi connectivity index (χ2v) is 41.2. The SMILES string of the molecule is C[Si]1(CCC2CCC3OC3C2)O[Si](C)(CCC2CCC3OC3C2)O[Si](C)(CCC2CCC3OC3C2)O[Si](C)(CCC2CCC3CC2O3)O[Si](C)(CCC2CCC3OC3C2)O1. The van der Waals surface area contributed by atoms with Gasteiger partial charge in [-0.1, -0.05) is 0 Å². The van der Waals surface area contributed by atoms with E-state index in [0.29, 0.717) is 90.6 Å². The van der Waals surface area contributed by atoms with Crippen LogP contribution < -0.4 is 0 Å². The molecule has 12 rings (SSSR count). The van der Waals surface area contributed by atoms with E-state index in [9.17, 15) is 0 Å². The zero-order valence-corrected chi connectivity index (χ0v) is 42.9. The molecule has 0 N–H and O–H groups in total. The Kier molecular flexibility index (Phi) is 12.1. The Morgan fingerprint density at radius 2 is 0.600 bits per heavy atom. The second-order valence-electron chi connectivity index (χ2n) is 23.3. The molecule has 2 bridgehead atoms. The normalized spacial score (nSPS) is 55.2. The summed E-state index contributed by atoms with van der Waals surface area (Å²) in [4.78, 5) is 0. The fraction of sp³-hybridized carbons (Fsp3) is 1.00. The van der Waals surface area contributed by atoms with E-state index in [1.54, 1.807) is 0 Å². The summed E-state index contributed by atoms with van der Waals surface area (Å²) in [6.45, 7) is 12.2. The molecule has 5 aliphatic carbocycles. The third kappa shape index (κ3) is 10.3. The lowest BCUT2D eigenvalue weighted by Gasteiger charge is -2.51. The smallest absolute Gasteiger partial charge is 0.317 e. The molecule has 15 heteroatoms. The summed E-state index contributed by atoms with van der Waals surface area (Å²) in [5.41, 5.74) is 0. The molecule has 7 heterocycles. The van der Waals surface area contributed by atoms with Gasteiger partial charge in [0.05, 0.1) is 61.0 Å². The van der Waals surface area contributed by atoms with Gasteiger partial charge in [0.2, 0.25) is 0 Å². The average molecular weight is 922 g/mol. The Labute approximate surface area is 367 Å². The molecule has 19 unspecified atom stereocenters. The molecule has 0 radical (unpaired) electrons. The molecule has 0 aromatic carbocycles. The minimum atomic E-state index is -2.84. The fourth-order valence-electron chi connectivity index (χ4n) is 14.1. The molecule has 5 saturated carbocycles. The van der Waals surface area contributed by atoms with Crippen molar-refractivity contribution in [1.29, 1.82) is 0 Å². The number of ether oxygens (including phenoxy) is 5. The van der Waals surface area contributed by atoms with Crippen molar-refractivity contribution < 1.29 is 44.3 Å². The van der Waals surface area contributed by atoms with Crippen molar-refractivity contribution in [3.63, 3.8) is 0 Å². The summed E-state index contributed by atoms with van der Waals surface area (Å²) < 4.78 is 70.3. The van der Waals surface area contributed by atoms with E-state index >= 15 is 0 Å². The van der Waals surface area contributed by atoms with Gasteiger partial charge in [-0.15, -0.1) is 0 Å². The summed E-state index contributed by atoms with van der Waals surface area (Å²) >= 11 is 0. The largest absolute Gasteiger partial charge is 0.416 e. The molecular weight excluding hydrogens is 841 g/mol. The van der Waals surface area contributed by atoms with E-state index in [2.05, 4.69) is 32.7 Å². The van der Waals surface area contributed by atoms with Gasteiger partial charge < -0.3 is 44.3 Å². The molecule has 19 atom stereocenters. The Bertz CT molecular complexity index is 1450. The van der Waals surface area contributed by atoms with Crippen molar-refractivity contribution in [3.8, 4) is 0 Å². The van der Waals surface area contributed by atoms with Crippen molar-refractivity contribution in [3.05, 3.63) is 0 Å². The lowest BCUT2D eigenvalue weighted by molar-refractivity contribution is -0.185. The number of rotatable bonds is 15. The van der Waals surface area contributed by atoms with Crippen LogP contribution in [0, 0.1) is 29.6 Å². The maximum Gasteiger partial charge on any atom is 0.317 e. The van der Waals surface area contributed by atoms with Crippen molar-refractivity contribution in [2.24, 2.45) is 29.6 Å². The van der Waals surface area contributed by atoms with Gasteiger partial charge in [-0.3, -0.25) is 0 Å². The van der Waals surface area contributed by atoms with Crippen molar-refractivity contribution >= 4 is 42.8 Å². The highest BCUT2D eigenvalue weighted by molar-refractivity contribution is 6.94. The Morgan fingerprint density at radius 1 is 0.300 bits per heavy atom. The summed E-state index contributed by atoms with van der Waals surface area (Å²) in [6.07, 6.45) is 29.2. The Morgan fingerprint density at radius 3 is 0.867 bits per heavy atom. The van der Waals surface area contributed by atoms with Crippen LogP contribution in [0.25, 0.3) is 0 Å². The first-order valence-electron chi connectivity index (χ1n) is 25.5. The quantitative estimate of drug-likeness (QED) is 0.116. The lowest BCUT2D eigenvalue weighted by Crippen LogP contribution is -2.67. The van der Waals surface area contributed by atoms with Gasteiger partial charge in [-0.2, -0.15) is 0 Å². The van der Waals surface area contributed by atoms with Crippen LogP contribution in [-0.2, 0) is 44.3 Å². The molecular formula is C45H80O10Si5. The molecule has 7 saturated heterocycles. The first-order valence-corrected chi connectivity index (χ1v) is 38.2. The maximum atomic E-state index is 7.96. The van der Waals surface area contributed by atoms with Crippen LogP contribution in [-0.4, -0.2) is 104 Å². The third-order valence-corrected chi connectivity index (χ3v) is 41.1. The molecule has 0 amide bonds. The second kappa shape index (κ2) is 16.8. The maximum absolute atomic E-state index is 7.96. The molecule has 7 aliphatic heterocycles. The number of hydrogen-bond donors (Lipinski definition) is 0. The van der Waals surface area contributed by atoms with E-state index in [1.165, 1.54) is 96.3 Å². The Hall–Kier alpha value is 0.684. The standard InChI is InChI=1S/C45H80O10Si5/c1-56(21-16-31-6-12-37-42(26-31)47-37)51-57(2,22-17-32-7-13-38-43(27-32)48-38)53-59(4,24-19-34-9-15-40-45(29-34)50-40)55-60(5,25-20-35-10-11-36-30-41(35)46-36)54-58(3,52-56)23-18-33-8-14-39-44(28-33)49-39/h31-45H,6-30H2,1-5H3. The predicted octanol–water partition coefficient (Wildman–Crippen LogP) is 10.2. The van der Waals surface area contributed by atoms with Crippen LogP contribution in [0.1, 0.15) is 128 Å². The molecule has 60 heavy (non-hydrogen) atoms. The molecule has 0 aromatic heterocycles. The van der Waals surface area contributed by atoms with E-state index in [-0.39, 0.29) is 0 Å². The van der Waals surface area contributed by atoms with Crippen molar-refractivity contribution in [1.82, 2.24) is 0 Å². The number of fused-ring (bicyclic) bond motifs is 6. The Balaban J connectivity index is 0.905. The van der Waals surface area contributed by atoms with Gasteiger partial charge in [0, 0.05) is 6.42 Å². The van der Waals surface area contributed by atoms with E-state index in [1.807, 2.05) is 0 Å². The fourth-order valence-corrected chi connectivity index (χ4v) is 43.8. The van der Waals surface area contributed by atoms with Gasteiger partial charge in [-0.05, 0) is 215 Å². The van der Waals surface area contributed by atoms with E-state index in [0.717, 1.165) is 62.3 Å². The van der Waals surface area contributed by atoms with Gasteiger partial charge >= 0.3 is 42.8 Å². The topological polar surface area (TPSA) is 106 Å². The van der Waals surface area contributed by atoms with Gasteiger partial charge in [0.25, 0.3) is 0 Å². The van der Waals surface area contributed by atoms with Crippen molar-refractivity contribution in [2.45, 2.75) is 252 Å². The van der Waals surface area contributed by atoms with Crippen LogP contribution in [0.2, 0.25) is 63.0 Å². The van der Waals surface area contributed by atoms with Crippen LogP contribution in [0.3, 0.4) is 0 Å². The van der Waals surface area contributed by atoms with Crippen LogP contribution in [0.5, 0.6) is 0 Å². The van der Waals surface area contributed by atoms with Crippen LogP contribution in [0.15, 0.2) is 0 Å². The third-order valence-electron chi connectivity index (χ3n) is 17.9. The molecule has 12 aliphatic rings. The van der Waals surface area contributed by atoms with Crippen molar-refractivity contribution in [2.75, 3.05) is 0 Å². The number of hydrogen-bond acceptors (Lipinski definition) is 10. The van der Waals surface area contributed by atoms with Gasteiger partial charge in [-0.25, -0.2) is 0 Å². The molecule has 0 aromatic rings. The molecule has 12 fully saturated rings. The highest BCUT2D eigenvalue weighted by Gasteiger charge is 2.59. The monoisotopic (exact) mass is 920 g/mol. The zero-order valence-electron chi connectivity index (χ0n) is 37.9. The van der Waals surface area contributed by atoms with E-state index in [4.69, 9.17) is 44.3 Å². The summed E-state index contributed by atoms with van der Waals surface area (Å²) in [7, 11) is -14.2. The predicted molar refractivity (Wildman–Crippen MR) is 241 cm³/mol. The average Bonchev–Trinajstić information content (AvgIpc) is 4.01. The van der Waals surface area contributed by atoms with Crippen LogP contribution in [0.4, 0.5) is 0 Å². The minimum Gasteiger partial charge on any atom is -0.416 e. The van der Waals surface area contributed by atoms with E-state index < -0.39 is 42.8 Å². The summed E-state index contributed by atoms with van der Waals surface area (Å²) in [5, 5.41) is 0.